The number of amides is 1. The van der Waals surface area contributed by atoms with E-state index in [4.69, 9.17) is 5.73 Å². The summed E-state index contributed by atoms with van der Waals surface area (Å²) in [4.78, 5) is 11.4. The SMILES string of the molecule is CC1CC(C)(C)Nc2c(C(N)=O)cccc21. The van der Waals surface area contributed by atoms with Crippen molar-refractivity contribution in [1.29, 1.82) is 0 Å². The zero-order chi connectivity index (χ0) is 11.9. The largest absolute Gasteiger partial charge is 0.379 e. The quantitative estimate of drug-likeness (QED) is 0.760. The summed E-state index contributed by atoms with van der Waals surface area (Å²) in [6.07, 6.45) is 1.06. The van der Waals surface area contributed by atoms with E-state index in [0.29, 0.717) is 11.5 Å². The number of nitrogens with one attached hydrogen (secondary N) is 1. The summed E-state index contributed by atoms with van der Waals surface area (Å²) < 4.78 is 0. The minimum atomic E-state index is -0.366. The van der Waals surface area contributed by atoms with Gasteiger partial charge in [-0.3, -0.25) is 4.79 Å². The summed E-state index contributed by atoms with van der Waals surface area (Å²) >= 11 is 0. The van der Waals surface area contributed by atoms with Crippen molar-refractivity contribution in [2.45, 2.75) is 38.6 Å². The fourth-order valence-electron chi connectivity index (χ4n) is 2.59. The minimum absolute atomic E-state index is 0.0119. The predicted octanol–water partition coefficient (Wildman–Crippen LogP) is 2.48. The second kappa shape index (κ2) is 3.51. The second-order valence-electron chi connectivity index (χ2n) is 5.25. The standard InChI is InChI=1S/C13H18N2O/c1-8-7-13(2,3)15-11-9(8)5-4-6-10(11)12(14)16/h4-6,8,15H,7H2,1-3H3,(H2,14,16). The molecule has 0 radical (unpaired) electrons. The van der Waals surface area contributed by atoms with Gasteiger partial charge in [0, 0.05) is 5.54 Å². The Kier molecular flexibility index (Phi) is 2.41. The van der Waals surface area contributed by atoms with Crippen LogP contribution in [0.15, 0.2) is 18.2 Å². The third-order valence-electron chi connectivity index (χ3n) is 3.17. The summed E-state index contributed by atoms with van der Waals surface area (Å²) in [5.41, 5.74) is 8.11. The molecule has 1 unspecified atom stereocenters. The number of anilines is 1. The minimum Gasteiger partial charge on any atom is -0.379 e. The van der Waals surface area contributed by atoms with Crippen molar-refractivity contribution in [3.8, 4) is 0 Å². The van der Waals surface area contributed by atoms with E-state index in [1.54, 1.807) is 6.07 Å². The Balaban J connectivity index is 2.57. The molecule has 0 bridgehead atoms. The van der Waals surface area contributed by atoms with Crippen molar-refractivity contribution < 1.29 is 4.79 Å². The Bertz CT molecular complexity index is 438. The molecule has 0 aliphatic carbocycles. The number of hydrogen-bond donors (Lipinski definition) is 2. The third-order valence-corrected chi connectivity index (χ3v) is 3.17. The number of carbonyl (C=O) groups excluding carboxylic acids is 1. The monoisotopic (exact) mass is 218 g/mol. The summed E-state index contributed by atoms with van der Waals surface area (Å²) in [5, 5.41) is 3.42. The number of benzene rings is 1. The van der Waals surface area contributed by atoms with Crippen molar-refractivity contribution in [3.63, 3.8) is 0 Å². The van der Waals surface area contributed by atoms with Gasteiger partial charge in [-0.05, 0) is 37.8 Å². The van der Waals surface area contributed by atoms with Crippen LogP contribution >= 0.6 is 0 Å². The highest BCUT2D eigenvalue weighted by molar-refractivity contribution is 5.99. The van der Waals surface area contributed by atoms with E-state index in [9.17, 15) is 4.79 Å². The van der Waals surface area contributed by atoms with Crippen molar-refractivity contribution in [1.82, 2.24) is 0 Å². The van der Waals surface area contributed by atoms with E-state index in [0.717, 1.165) is 12.1 Å². The number of nitrogens with two attached hydrogens (primary N) is 1. The average Bonchev–Trinajstić information content (AvgIpc) is 2.14. The molecule has 0 fully saturated rings. The van der Waals surface area contributed by atoms with E-state index in [1.807, 2.05) is 6.07 Å². The number of para-hydroxylation sites is 1. The van der Waals surface area contributed by atoms with Gasteiger partial charge >= 0.3 is 0 Å². The summed E-state index contributed by atoms with van der Waals surface area (Å²) in [7, 11) is 0. The molecule has 3 heteroatoms. The van der Waals surface area contributed by atoms with Crippen LogP contribution in [-0.2, 0) is 0 Å². The van der Waals surface area contributed by atoms with Gasteiger partial charge < -0.3 is 11.1 Å². The topological polar surface area (TPSA) is 55.1 Å². The lowest BCUT2D eigenvalue weighted by molar-refractivity contribution is 0.100. The lowest BCUT2D eigenvalue weighted by Crippen LogP contribution is -2.37. The Labute approximate surface area is 96.0 Å². The number of hydrogen-bond acceptors (Lipinski definition) is 2. The molecule has 1 heterocycles. The van der Waals surface area contributed by atoms with E-state index < -0.39 is 0 Å². The first-order chi connectivity index (χ1) is 7.41. The maximum absolute atomic E-state index is 11.4. The van der Waals surface area contributed by atoms with Crippen LogP contribution in [0.25, 0.3) is 0 Å². The molecule has 16 heavy (non-hydrogen) atoms. The fraction of sp³-hybridized carbons (Fsp3) is 0.462. The Morgan fingerprint density at radius 1 is 1.50 bits per heavy atom. The molecule has 86 valence electrons. The molecule has 1 aliphatic heterocycles. The zero-order valence-corrected chi connectivity index (χ0v) is 10.0. The molecule has 2 rings (SSSR count). The highest BCUT2D eigenvalue weighted by Gasteiger charge is 2.31. The molecule has 1 amide bonds. The number of rotatable bonds is 1. The molecule has 1 aliphatic rings. The maximum Gasteiger partial charge on any atom is 0.250 e. The molecule has 0 saturated heterocycles. The Morgan fingerprint density at radius 2 is 2.19 bits per heavy atom. The van der Waals surface area contributed by atoms with Gasteiger partial charge in [0.25, 0.3) is 5.91 Å². The smallest absolute Gasteiger partial charge is 0.250 e. The highest BCUT2D eigenvalue weighted by atomic mass is 16.1. The van der Waals surface area contributed by atoms with Crippen LogP contribution in [0.4, 0.5) is 5.69 Å². The molecule has 1 aromatic rings. The summed E-state index contributed by atoms with van der Waals surface area (Å²) in [6, 6.07) is 5.74. The third kappa shape index (κ3) is 1.77. The van der Waals surface area contributed by atoms with Gasteiger partial charge in [-0.1, -0.05) is 19.1 Å². The molecule has 1 atom stereocenters. The van der Waals surface area contributed by atoms with Gasteiger partial charge in [0.1, 0.15) is 0 Å². The Morgan fingerprint density at radius 3 is 2.81 bits per heavy atom. The van der Waals surface area contributed by atoms with Crippen LogP contribution < -0.4 is 11.1 Å². The molecule has 0 spiro atoms. The summed E-state index contributed by atoms with van der Waals surface area (Å²) in [5.74, 6) is 0.0831. The molecule has 0 saturated carbocycles. The highest BCUT2D eigenvalue weighted by Crippen LogP contribution is 2.40. The lowest BCUT2D eigenvalue weighted by Gasteiger charge is -2.38. The van der Waals surface area contributed by atoms with Crippen LogP contribution in [-0.4, -0.2) is 11.4 Å². The van der Waals surface area contributed by atoms with Crippen molar-refractivity contribution in [3.05, 3.63) is 29.3 Å². The van der Waals surface area contributed by atoms with Crippen LogP contribution in [0, 0.1) is 0 Å². The molecule has 1 aromatic carbocycles. The lowest BCUT2D eigenvalue weighted by atomic mass is 9.81. The molecule has 3 N–H and O–H groups in total. The van der Waals surface area contributed by atoms with Gasteiger partial charge in [0.2, 0.25) is 0 Å². The first-order valence-electron chi connectivity index (χ1n) is 5.61. The van der Waals surface area contributed by atoms with E-state index in [-0.39, 0.29) is 11.4 Å². The van der Waals surface area contributed by atoms with Crippen LogP contribution in [0.1, 0.15) is 49.0 Å². The fourth-order valence-corrected chi connectivity index (χ4v) is 2.59. The Hall–Kier alpha value is -1.51. The van der Waals surface area contributed by atoms with Crippen LogP contribution in [0.3, 0.4) is 0 Å². The van der Waals surface area contributed by atoms with Crippen LogP contribution in [0.2, 0.25) is 0 Å². The van der Waals surface area contributed by atoms with Gasteiger partial charge in [0.15, 0.2) is 0 Å². The summed E-state index contributed by atoms with van der Waals surface area (Å²) in [6.45, 7) is 6.47. The van der Waals surface area contributed by atoms with Crippen LogP contribution in [0.5, 0.6) is 0 Å². The number of primary amides is 1. The second-order valence-corrected chi connectivity index (χ2v) is 5.25. The maximum atomic E-state index is 11.4. The first kappa shape index (κ1) is 11.0. The molecule has 0 aromatic heterocycles. The van der Waals surface area contributed by atoms with E-state index in [1.165, 1.54) is 5.56 Å². The normalized spacial score (nSPS) is 22.1. The molecular formula is C13H18N2O. The van der Waals surface area contributed by atoms with Crippen molar-refractivity contribution in [2.75, 3.05) is 5.32 Å². The van der Waals surface area contributed by atoms with Crippen molar-refractivity contribution >= 4 is 11.6 Å². The van der Waals surface area contributed by atoms with E-state index in [2.05, 4.69) is 32.2 Å². The molecule has 3 nitrogen and oxygen atoms in total. The van der Waals surface area contributed by atoms with E-state index >= 15 is 0 Å². The van der Waals surface area contributed by atoms with Gasteiger partial charge in [0.05, 0.1) is 11.3 Å². The zero-order valence-electron chi connectivity index (χ0n) is 10.0. The predicted molar refractivity (Wildman–Crippen MR) is 65.7 cm³/mol. The number of carbonyl (C=O) groups is 1. The first-order valence-corrected chi connectivity index (χ1v) is 5.61. The van der Waals surface area contributed by atoms with Gasteiger partial charge in [-0.2, -0.15) is 0 Å². The van der Waals surface area contributed by atoms with Gasteiger partial charge in [-0.25, -0.2) is 0 Å². The number of fused-ring (bicyclic) bond motifs is 1. The van der Waals surface area contributed by atoms with Crippen molar-refractivity contribution in [2.24, 2.45) is 5.73 Å². The average molecular weight is 218 g/mol. The molecular weight excluding hydrogens is 200 g/mol. The van der Waals surface area contributed by atoms with Gasteiger partial charge in [-0.15, -0.1) is 0 Å².